The van der Waals surface area contributed by atoms with E-state index in [4.69, 9.17) is 0 Å². The van der Waals surface area contributed by atoms with Gasteiger partial charge in [0, 0.05) is 17.7 Å². The van der Waals surface area contributed by atoms with Crippen LogP contribution in [0.1, 0.15) is 66.5 Å². The van der Waals surface area contributed by atoms with Crippen LogP contribution in [0, 0.1) is 0 Å². The average molecular weight is 442 g/mol. The first kappa shape index (κ1) is 23.8. The minimum Gasteiger partial charge on any atom is -0.343 e. The Kier molecular flexibility index (Phi) is 7.69. The molecule has 1 heterocycles. The first-order valence-electron chi connectivity index (χ1n) is 11.7. The molecule has 0 spiro atoms. The van der Waals surface area contributed by atoms with Gasteiger partial charge in [-0.15, -0.1) is 0 Å². The van der Waals surface area contributed by atoms with Crippen molar-refractivity contribution < 1.29 is 0 Å². The number of hydrogen-bond acceptors (Lipinski definition) is 1. The van der Waals surface area contributed by atoms with Crippen LogP contribution in [0.15, 0.2) is 36.4 Å². The number of rotatable bonds is 6. The molecule has 2 aromatic rings. The van der Waals surface area contributed by atoms with Crippen molar-refractivity contribution in [2.75, 3.05) is 11.9 Å². The first-order valence-corrected chi connectivity index (χ1v) is 14.6. The van der Waals surface area contributed by atoms with Gasteiger partial charge in [-0.05, 0) is 46.6 Å². The normalized spacial score (nSPS) is 14.3. The average Bonchev–Trinajstić information content (AvgIpc) is 2.79. The Labute approximate surface area is 188 Å². The Morgan fingerprint density at radius 2 is 0.933 bits per heavy atom. The second kappa shape index (κ2) is 9.71. The van der Waals surface area contributed by atoms with Gasteiger partial charge in [-0.3, -0.25) is 0 Å². The van der Waals surface area contributed by atoms with Gasteiger partial charge in [0.25, 0.3) is 0 Å². The SMILES string of the molecule is CC(C)P(c1cccc2c1N(C)c1c(cccc1P(C(C)C)C(C)C)CC2)C(C)C. The summed E-state index contributed by atoms with van der Waals surface area (Å²) in [5.41, 5.74) is 8.87. The van der Waals surface area contributed by atoms with E-state index in [2.05, 4.69) is 104 Å². The molecule has 0 amide bonds. The minimum absolute atomic E-state index is 0.202. The topological polar surface area (TPSA) is 3.24 Å². The van der Waals surface area contributed by atoms with E-state index in [0.717, 1.165) is 12.8 Å². The molecule has 0 aromatic heterocycles. The lowest BCUT2D eigenvalue weighted by molar-refractivity contribution is 0.977. The number of aryl methyl sites for hydroxylation is 2. The smallest absolute Gasteiger partial charge is 0.0519 e. The second-order valence-electron chi connectivity index (χ2n) is 9.82. The number of hydrogen-bond donors (Lipinski definition) is 0. The molecule has 0 saturated heterocycles. The number of anilines is 2. The lowest BCUT2D eigenvalue weighted by Crippen LogP contribution is -2.28. The molecule has 30 heavy (non-hydrogen) atoms. The van der Waals surface area contributed by atoms with Crippen LogP contribution in [0.2, 0.25) is 0 Å². The molecular weight excluding hydrogens is 400 g/mol. The van der Waals surface area contributed by atoms with Crippen molar-refractivity contribution in [3.05, 3.63) is 47.5 Å². The van der Waals surface area contributed by atoms with Gasteiger partial charge in [0.2, 0.25) is 0 Å². The number of benzene rings is 2. The van der Waals surface area contributed by atoms with Crippen LogP contribution in [0.3, 0.4) is 0 Å². The highest BCUT2D eigenvalue weighted by molar-refractivity contribution is 7.67. The second-order valence-corrected chi connectivity index (χ2v) is 16.5. The van der Waals surface area contributed by atoms with Crippen molar-refractivity contribution in [1.29, 1.82) is 0 Å². The van der Waals surface area contributed by atoms with Crippen LogP contribution in [-0.2, 0) is 12.8 Å². The highest BCUT2D eigenvalue weighted by atomic mass is 31.1. The monoisotopic (exact) mass is 441 g/mol. The number of nitrogens with zero attached hydrogens (tertiary/aromatic N) is 1. The third-order valence-corrected chi connectivity index (χ3v) is 12.6. The standard InChI is InChI=1S/C27H41NP2/c1-18(2)29(19(3)4)24-14-10-12-22-16-17-23-13-11-15-25(27(23)28(9)26(22)24)30(20(5)6)21(7)8/h10-15,18-21H,16-17H2,1-9H3. The fourth-order valence-corrected chi connectivity index (χ4v) is 11.6. The van der Waals surface area contributed by atoms with Crippen LogP contribution >= 0.6 is 15.8 Å². The lowest BCUT2D eigenvalue weighted by Gasteiger charge is -2.35. The van der Waals surface area contributed by atoms with E-state index >= 15 is 0 Å². The van der Waals surface area contributed by atoms with Gasteiger partial charge in [0.05, 0.1) is 11.4 Å². The molecule has 1 aliphatic heterocycles. The number of fused-ring (bicyclic) bond motifs is 2. The minimum atomic E-state index is -0.202. The Morgan fingerprint density at radius 3 is 1.23 bits per heavy atom. The van der Waals surface area contributed by atoms with E-state index in [9.17, 15) is 0 Å². The molecule has 164 valence electrons. The van der Waals surface area contributed by atoms with E-state index < -0.39 is 0 Å². The molecule has 0 bridgehead atoms. The molecular formula is C27H41NP2. The third-order valence-electron chi connectivity index (χ3n) is 6.31. The fraction of sp³-hybridized carbons (Fsp3) is 0.556. The van der Waals surface area contributed by atoms with Crippen LogP contribution in [0.4, 0.5) is 11.4 Å². The maximum absolute atomic E-state index is 2.60. The van der Waals surface area contributed by atoms with E-state index in [-0.39, 0.29) is 15.8 Å². The van der Waals surface area contributed by atoms with Gasteiger partial charge in [-0.2, -0.15) is 0 Å². The Hall–Kier alpha value is -0.900. The molecule has 0 atom stereocenters. The van der Waals surface area contributed by atoms with Crippen molar-refractivity contribution in [2.45, 2.75) is 90.9 Å². The molecule has 3 heteroatoms. The van der Waals surface area contributed by atoms with Gasteiger partial charge in [-0.1, -0.05) is 108 Å². The molecule has 1 aliphatic rings. The fourth-order valence-electron chi connectivity index (χ4n) is 5.44. The zero-order valence-corrected chi connectivity index (χ0v) is 22.3. The maximum atomic E-state index is 2.60. The van der Waals surface area contributed by atoms with E-state index in [1.54, 1.807) is 10.6 Å². The largest absolute Gasteiger partial charge is 0.343 e. The Morgan fingerprint density at radius 1 is 0.600 bits per heavy atom. The summed E-state index contributed by atoms with van der Waals surface area (Å²) >= 11 is 0. The molecule has 0 aliphatic carbocycles. The molecule has 3 rings (SSSR count). The quantitative estimate of drug-likeness (QED) is 0.422. The molecule has 1 nitrogen and oxygen atoms in total. The third kappa shape index (κ3) is 4.49. The summed E-state index contributed by atoms with van der Waals surface area (Å²) in [7, 11) is 1.94. The Balaban J connectivity index is 2.25. The van der Waals surface area contributed by atoms with Gasteiger partial charge >= 0.3 is 0 Å². The first-order chi connectivity index (χ1) is 14.1. The molecule has 0 radical (unpaired) electrons. The summed E-state index contributed by atoms with van der Waals surface area (Å²) in [6, 6.07) is 14.2. The highest BCUT2D eigenvalue weighted by Gasteiger charge is 2.31. The van der Waals surface area contributed by atoms with Crippen molar-refractivity contribution >= 4 is 37.8 Å². The van der Waals surface area contributed by atoms with Gasteiger partial charge in [0.15, 0.2) is 0 Å². The van der Waals surface area contributed by atoms with Crippen molar-refractivity contribution in [3.8, 4) is 0 Å². The molecule has 0 fully saturated rings. The Bertz CT molecular complexity index is 782. The molecule has 0 unspecified atom stereocenters. The predicted octanol–water partition coefficient (Wildman–Crippen LogP) is 7.40. The van der Waals surface area contributed by atoms with Crippen LogP contribution in [-0.4, -0.2) is 29.7 Å². The van der Waals surface area contributed by atoms with Gasteiger partial charge in [-0.25, -0.2) is 0 Å². The summed E-state index contributed by atoms with van der Waals surface area (Å²) in [6.45, 7) is 19.3. The zero-order chi connectivity index (χ0) is 22.2. The lowest BCUT2D eigenvalue weighted by atomic mass is 10.0. The van der Waals surface area contributed by atoms with Gasteiger partial charge in [0.1, 0.15) is 0 Å². The van der Waals surface area contributed by atoms with E-state index in [1.165, 1.54) is 22.5 Å². The molecule has 0 saturated carbocycles. The summed E-state index contributed by atoms with van der Waals surface area (Å²) in [5, 5.41) is 3.21. The summed E-state index contributed by atoms with van der Waals surface area (Å²) < 4.78 is 0. The summed E-state index contributed by atoms with van der Waals surface area (Å²) in [6.07, 6.45) is 2.29. The molecule has 2 aromatic carbocycles. The van der Waals surface area contributed by atoms with Crippen molar-refractivity contribution in [2.24, 2.45) is 0 Å². The highest BCUT2D eigenvalue weighted by Crippen LogP contribution is 2.52. The van der Waals surface area contributed by atoms with Crippen molar-refractivity contribution in [1.82, 2.24) is 0 Å². The van der Waals surface area contributed by atoms with Crippen molar-refractivity contribution in [3.63, 3.8) is 0 Å². The van der Waals surface area contributed by atoms with E-state index in [0.29, 0.717) is 22.6 Å². The zero-order valence-electron chi connectivity index (χ0n) is 20.5. The maximum Gasteiger partial charge on any atom is 0.0519 e. The number of para-hydroxylation sites is 2. The van der Waals surface area contributed by atoms with Crippen LogP contribution < -0.4 is 15.5 Å². The summed E-state index contributed by atoms with van der Waals surface area (Å²) in [4.78, 5) is 2.60. The summed E-state index contributed by atoms with van der Waals surface area (Å²) in [5.74, 6) is 0. The van der Waals surface area contributed by atoms with Crippen LogP contribution in [0.5, 0.6) is 0 Å². The predicted molar refractivity (Wildman–Crippen MR) is 142 cm³/mol. The van der Waals surface area contributed by atoms with E-state index in [1.807, 2.05) is 0 Å². The molecule has 0 N–H and O–H groups in total. The van der Waals surface area contributed by atoms with Crippen LogP contribution in [0.25, 0.3) is 0 Å². The van der Waals surface area contributed by atoms with Gasteiger partial charge < -0.3 is 4.90 Å².